The maximum Gasteiger partial charge on any atom is 0.251 e. The van der Waals surface area contributed by atoms with Crippen LogP contribution in [0.25, 0.3) is 0 Å². The molecule has 5 nitrogen and oxygen atoms in total. The van der Waals surface area contributed by atoms with Crippen LogP contribution in [0.2, 0.25) is 0 Å². The number of nitrogens with two attached hydrogens (primary N) is 1. The molecule has 0 aromatic heterocycles. The zero-order valence-corrected chi connectivity index (χ0v) is 12.8. The first-order valence-corrected chi connectivity index (χ1v) is 7.28. The first-order chi connectivity index (χ1) is 9.88. The summed E-state index contributed by atoms with van der Waals surface area (Å²) in [5, 5.41) is 5.52. The van der Waals surface area contributed by atoms with Gasteiger partial charge in [-0.05, 0) is 44.4 Å². The summed E-state index contributed by atoms with van der Waals surface area (Å²) in [5.74, 6) is -0.237. The highest BCUT2D eigenvalue weighted by Gasteiger charge is 2.43. The number of rotatable bonds is 3. The summed E-state index contributed by atoms with van der Waals surface area (Å²) < 4.78 is 0. The third-order valence-corrected chi connectivity index (χ3v) is 4.52. The van der Waals surface area contributed by atoms with Gasteiger partial charge in [-0.1, -0.05) is 12.5 Å². The number of hydrogen-bond acceptors (Lipinski definition) is 3. The number of amides is 2. The average Bonchev–Trinajstić information content (AvgIpc) is 2.81. The van der Waals surface area contributed by atoms with Gasteiger partial charge in [0.1, 0.15) is 0 Å². The van der Waals surface area contributed by atoms with Gasteiger partial charge in [-0.3, -0.25) is 9.59 Å². The summed E-state index contributed by atoms with van der Waals surface area (Å²) in [6.07, 6.45) is 2.65. The maximum absolute atomic E-state index is 12.6. The number of nitrogens with one attached hydrogen (secondary N) is 2. The highest BCUT2D eigenvalue weighted by atomic mass is 16.2. The Hall–Kier alpha value is -1.88. The molecule has 0 radical (unpaired) electrons. The van der Waals surface area contributed by atoms with Crippen molar-refractivity contribution < 1.29 is 9.59 Å². The Morgan fingerprint density at radius 3 is 2.67 bits per heavy atom. The normalized spacial score (nSPS) is 24.7. The molecule has 4 N–H and O–H groups in total. The first kappa shape index (κ1) is 15.5. The lowest BCUT2D eigenvalue weighted by Crippen LogP contribution is -2.44. The van der Waals surface area contributed by atoms with Crippen molar-refractivity contribution in [3.8, 4) is 0 Å². The van der Waals surface area contributed by atoms with Crippen LogP contribution >= 0.6 is 0 Å². The Labute approximate surface area is 125 Å². The van der Waals surface area contributed by atoms with Gasteiger partial charge < -0.3 is 16.4 Å². The minimum absolute atomic E-state index is 0.0651. The van der Waals surface area contributed by atoms with E-state index in [0.29, 0.717) is 11.3 Å². The second-order valence-corrected chi connectivity index (χ2v) is 5.98. The van der Waals surface area contributed by atoms with E-state index in [0.717, 1.165) is 24.8 Å². The van der Waals surface area contributed by atoms with Crippen LogP contribution in [0.15, 0.2) is 18.2 Å². The van der Waals surface area contributed by atoms with E-state index < -0.39 is 5.41 Å². The molecule has 2 atom stereocenters. The van der Waals surface area contributed by atoms with Crippen molar-refractivity contribution in [1.29, 1.82) is 0 Å². The van der Waals surface area contributed by atoms with Crippen molar-refractivity contribution >= 4 is 17.5 Å². The van der Waals surface area contributed by atoms with Gasteiger partial charge in [0.15, 0.2) is 0 Å². The molecule has 0 bridgehead atoms. The fourth-order valence-electron chi connectivity index (χ4n) is 2.78. The molecule has 1 aromatic rings. The molecule has 21 heavy (non-hydrogen) atoms. The van der Waals surface area contributed by atoms with E-state index in [2.05, 4.69) is 10.6 Å². The van der Waals surface area contributed by atoms with Crippen LogP contribution in [0.5, 0.6) is 0 Å². The van der Waals surface area contributed by atoms with Gasteiger partial charge in [-0.25, -0.2) is 0 Å². The Morgan fingerprint density at radius 1 is 1.38 bits per heavy atom. The van der Waals surface area contributed by atoms with Crippen molar-refractivity contribution in [3.05, 3.63) is 29.3 Å². The number of anilines is 1. The number of aryl methyl sites for hydroxylation is 1. The highest BCUT2D eigenvalue weighted by molar-refractivity contribution is 5.99. The van der Waals surface area contributed by atoms with E-state index in [4.69, 9.17) is 5.73 Å². The van der Waals surface area contributed by atoms with E-state index in [9.17, 15) is 9.59 Å². The third kappa shape index (κ3) is 2.93. The molecule has 0 heterocycles. The van der Waals surface area contributed by atoms with Gasteiger partial charge in [0.25, 0.3) is 5.91 Å². The molecule has 2 rings (SSSR count). The van der Waals surface area contributed by atoms with Gasteiger partial charge in [0.2, 0.25) is 5.91 Å². The summed E-state index contributed by atoms with van der Waals surface area (Å²) in [6, 6.07) is 5.17. The topological polar surface area (TPSA) is 84.2 Å². The Kier molecular flexibility index (Phi) is 4.32. The van der Waals surface area contributed by atoms with Gasteiger partial charge in [0.05, 0.1) is 5.41 Å². The number of benzene rings is 1. The van der Waals surface area contributed by atoms with Crippen molar-refractivity contribution in [2.45, 2.75) is 39.2 Å². The zero-order valence-electron chi connectivity index (χ0n) is 12.8. The standard InChI is InChI=1S/C16H23N3O2/c1-10-6-7-11(14(20)18-3)9-12(10)19-15(21)16(2)8-4-5-13(16)17/h6-7,9,13H,4-5,8,17H2,1-3H3,(H,18,20)(H,19,21). The van der Waals surface area contributed by atoms with E-state index in [1.807, 2.05) is 19.9 Å². The minimum atomic E-state index is -0.532. The second-order valence-electron chi connectivity index (χ2n) is 5.98. The molecule has 0 saturated heterocycles. The van der Waals surface area contributed by atoms with Crippen LogP contribution in [0.3, 0.4) is 0 Å². The summed E-state index contributed by atoms with van der Waals surface area (Å²) >= 11 is 0. The SMILES string of the molecule is CNC(=O)c1ccc(C)c(NC(=O)C2(C)CCCC2N)c1. The van der Waals surface area contributed by atoms with Crippen LogP contribution in [0.4, 0.5) is 5.69 Å². The summed E-state index contributed by atoms with van der Waals surface area (Å²) in [6.45, 7) is 3.82. The largest absolute Gasteiger partial charge is 0.355 e. The van der Waals surface area contributed by atoms with Gasteiger partial charge in [-0.15, -0.1) is 0 Å². The predicted octanol–water partition coefficient (Wildman–Crippen LogP) is 1.81. The summed E-state index contributed by atoms with van der Waals surface area (Å²) in [5.41, 5.74) is 7.67. The van der Waals surface area contributed by atoms with Crippen molar-refractivity contribution in [1.82, 2.24) is 5.32 Å². The minimum Gasteiger partial charge on any atom is -0.355 e. The van der Waals surface area contributed by atoms with Crippen LogP contribution in [0.1, 0.15) is 42.1 Å². The van der Waals surface area contributed by atoms with Crippen molar-refractivity contribution in [3.63, 3.8) is 0 Å². The predicted molar refractivity (Wildman–Crippen MR) is 83.1 cm³/mol. The maximum atomic E-state index is 12.6. The molecule has 5 heteroatoms. The molecule has 2 unspecified atom stereocenters. The van der Waals surface area contributed by atoms with E-state index in [1.54, 1.807) is 19.2 Å². The molecule has 1 saturated carbocycles. The molecule has 0 aliphatic heterocycles. The molecular weight excluding hydrogens is 266 g/mol. The smallest absolute Gasteiger partial charge is 0.251 e. The highest BCUT2D eigenvalue weighted by Crippen LogP contribution is 2.38. The van der Waals surface area contributed by atoms with Gasteiger partial charge in [-0.2, -0.15) is 0 Å². The lowest BCUT2D eigenvalue weighted by Gasteiger charge is -2.28. The Bertz CT molecular complexity index is 571. The molecule has 1 aromatic carbocycles. The zero-order chi connectivity index (χ0) is 15.6. The summed E-state index contributed by atoms with van der Waals surface area (Å²) in [7, 11) is 1.58. The summed E-state index contributed by atoms with van der Waals surface area (Å²) in [4.78, 5) is 24.2. The van der Waals surface area contributed by atoms with Crippen LogP contribution in [-0.2, 0) is 4.79 Å². The van der Waals surface area contributed by atoms with E-state index in [1.165, 1.54) is 0 Å². The lowest BCUT2D eigenvalue weighted by molar-refractivity contribution is -0.125. The molecule has 1 fully saturated rings. The monoisotopic (exact) mass is 289 g/mol. The van der Waals surface area contributed by atoms with Gasteiger partial charge in [0, 0.05) is 24.3 Å². The molecular formula is C16H23N3O2. The first-order valence-electron chi connectivity index (χ1n) is 7.28. The Morgan fingerprint density at radius 2 is 2.10 bits per heavy atom. The number of hydrogen-bond donors (Lipinski definition) is 3. The van der Waals surface area contributed by atoms with Crippen LogP contribution in [-0.4, -0.2) is 24.9 Å². The molecule has 2 amide bonds. The Balaban J connectivity index is 2.23. The second kappa shape index (κ2) is 5.85. The molecule has 114 valence electrons. The number of carbonyl (C=O) groups is 2. The quantitative estimate of drug-likeness (QED) is 0.793. The molecule has 0 spiro atoms. The fraction of sp³-hybridized carbons (Fsp3) is 0.500. The van der Waals surface area contributed by atoms with Gasteiger partial charge >= 0.3 is 0 Å². The van der Waals surface area contributed by atoms with Crippen LogP contribution < -0.4 is 16.4 Å². The van der Waals surface area contributed by atoms with Crippen molar-refractivity contribution in [2.24, 2.45) is 11.1 Å². The van der Waals surface area contributed by atoms with E-state index >= 15 is 0 Å². The van der Waals surface area contributed by atoms with E-state index in [-0.39, 0.29) is 17.9 Å². The molecule has 1 aliphatic rings. The molecule has 1 aliphatic carbocycles. The van der Waals surface area contributed by atoms with Crippen molar-refractivity contribution in [2.75, 3.05) is 12.4 Å². The fourth-order valence-corrected chi connectivity index (χ4v) is 2.78. The number of carbonyl (C=O) groups excluding carboxylic acids is 2. The van der Waals surface area contributed by atoms with Crippen LogP contribution in [0, 0.1) is 12.3 Å². The lowest BCUT2D eigenvalue weighted by atomic mass is 9.84. The average molecular weight is 289 g/mol. The third-order valence-electron chi connectivity index (χ3n) is 4.52.